The second kappa shape index (κ2) is 8.48. The lowest BCUT2D eigenvalue weighted by molar-refractivity contribution is 0.0575. The van der Waals surface area contributed by atoms with Crippen molar-refractivity contribution < 1.29 is 23.4 Å². The summed E-state index contributed by atoms with van der Waals surface area (Å²) in [6.07, 6.45) is 0.660. The van der Waals surface area contributed by atoms with Gasteiger partial charge in [-0.25, -0.2) is 9.37 Å². The van der Waals surface area contributed by atoms with Crippen molar-refractivity contribution >= 4 is 11.6 Å². The van der Waals surface area contributed by atoms with Crippen molar-refractivity contribution in [3.8, 4) is 0 Å². The Kier molecular flexibility index (Phi) is 5.79. The second-order valence-electron chi connectivity index (χ2n) is 7.43. The standard InChI is InChI=1S/C20H25FN4O4/c1-23(17-12-28-13-18(17)26)20(27)15-11-29-19(22-15)10-24-6-8-25(9-7-24)16-5-3-2-4-14(16)21/h2-5,11,17-18,26H,6-10,12-13H2,1H3/t17-,18-/m0/s1. The van der Waals surface area contributed by atoms with Gasteiger partial charge in [-0.2, -0.15) is 0 Å². The maximum absolute atomic E-state index is 14.0. The molecule has 1 aromatic carbocycles. The summed E-state index contributed by atoms with van der Waals surface area (Å²) in [5.74, 6) is -0.0538. The molecule has 2 fully saturated rings. The van der Waals surface area contributed by atoms with Crippen LogP contribution in [-0.2, 0) is 11.3 Å². The molecule has 0 bridgehead atoms. The zero-order valence-electron chi connectivity index (χ0n) is 16.3. The topological polar surface area (TPSA) is 82.3 Å². The number of ether oxygens (including phenoxy) is 1. The first-order valence-corrected chi connectivity index (χ1v) is 9.72. The first-order valence-electron chi connectivity index (χ1n) is 9.72. The Morgan fingerprint density at radius 1 is 1.28 bits per heavy atom. The zero-order valence-corrected chi connectivity index (χ0v) is 16.3. The molecule has 0 aliphatic carbocycles. The number of likely N-dealkylation sites (N-methyl/N-ethyl adjacent to an activating group) is 1. The molecule has 0 saturated carbocycles. The van der Waals surface area contributed by atoms with Gasteiger partial charge in [-0.05, 0) is 12.1 Å². The van der Waals surface area contributed by atoms with E-state index in [4.69, 9.17) is 9.15 Å². The van der Waals surface area contributed by atoms with Crippen molar-refractivity contribution in [2.45, 2.75) is 18.7 Å². The third kappa shape index (κ3) is 4.26. The number of carbonyl (C=O) groups excluding carboxylic acids is 1. The van der Waals surface area contributed by atoms with Gasteiger partial charge in [-0.1, -0.05) is 12.1 Å². The third-order valence-electron chi connectivity index (χ3n) is 5.53. The van der Waals surface area contributed by atoms with Gasteiger partial charge in [0.25, 0.3) is 5.91 Å². The van der Waals surface area contributed by atoms with Crippen LogP contribution >= 0.6 is 0 Å². The molecule has 0 unspecified atom stereocenters. The Bertz CT molecular complexity index is 853. The number of oxazole rings is 1. The predicted molar refractivity (Wildman–Crippen MR) is 103 cm³/mol. The van der Waals surface area contributed by atoms with E-state index < -0.39 is 6.10 Å². The number of nitrogens with zero attached hydrogens (tertiary/aromatic N) is 4. The van der Waals surface area contributed by atoms with Crippen LogP contribution in [0.25, 0.3) is 0 Å². The van der Waals surface area contributed by atoms with Crippen LogP contribution in [0, 0.1) is 5.82 Å². The molecule has 29 heavy (non-hydrogen) atoms. The number of halogens is 1. The van der Waals surface area contributed by atoms with Crippen LogP contribution in [0.2, 0.25) is 0 Å². The van der Waals surface area contributed by atoms with Gasteiger partial charge in [0.1, 0.15) is 12.1 Å². The largest absolute Gasteiger partial charge is 0.447 e. The minimum atomic E-state index is -0.693. The molecule has 1 amide bonds. The number of rotatable bonds is 5. The number of piperazine rings is 1. The molecule has 2 aliphatic heterocycles. The zero-order chi connectivity index (χ0) is 20.4. The number of anilines is 1. The van der Waals surface area contributed by atoms with Gasteiger partial charge >= 0.3 is 0 Å². The molecule has 4 rings (SSSR count). The molecule has 8 nitrogen and oxygen atoms in total. The van der Waals surface area contributed by atoms with Crippen LogP contribution in [0.1, 0.15) is 16.4 Å². The summed E-state index contributed by atoms with van der Waals surface area (Å²) in [4.78, 5) is 22.6. The predicted octanol–water partition coefficient (Wildman–Crippen LogP) is 0.968. The molecule has 9 heteroatoms. The van der Waals surface area contributed by atoms with Gasteiger partial charge in [0.2, 0.25) is 5.89 Å². The summed E-state index contributed by atoms with van der Waals surface area (Å²) in [5, 5.41) is 9.90. The van der Waals surface area contributed by atoms with Crippen LogP contribution in [0.4, 0.5) is 10.1 Å². The van der Waals surface area contributed by atoms with Crippen molar-refractivity contribution in [3.63, 3.8) is 0 Å². The van der Waals surface area contributed by atoms with E-state index in [1.54, 1.807) is 19.2 Å². The molecule has 2 atom stereocenters. The van der Waals surface area contributed by atoms with E-state index in [9.17, 15) is 14.3 Å². The number of hydrogen-bond donors (Lipinski definition) is 1. The quantitative estimate of drug-likeness (QED) is 0.795. The van der Waals surface area contributed by atoms with Crippen LogP contribution in [0.15, 0.2) is 34.9 Å². The van der Waals surface area contributed by atoms with Crippen molar-refractivity contribution in [2.24, 2.45) is 0 Å². The number of aliphatic hydroxyl groups is 1. The SMILES string of the molecule is CN(C(=O)c1coc(CN2CCN(c3ccccc3F)CC2)n1)[C@H]1COC[C@@H]1O. The fourth-order valence-corrected chi connectivity index (χ4v) is 3.76. The minimum absolute atomic E-state index is 0.210. The molecule has 156 valence electrons. The summed E-state index contributed by atoms with van der Waals surface area (Å²) in [5.41, 5.74) is 0.837. The number of amides is 1. The first kappa shape index (κ1) is 19.8. The van der Waals surface area contributed by atoms with Crippen LogP contribution < -0.4 is 4.90 Å². The lowest BCUT2D eigenvalue weighted by Crippen LogP contribution is -2.46. The van der Waals surface area contributed by atoms with Crippen LogP contribution in [0.3, 0.4) is 0 Å². The average molecular weight is 404 g/mol. The maximum Gasteiger partial charge on any atom is 0.275 e. The number of hydrogen-bond acceptors (Lipinski definition) is 7. The summed E-state index contributed by atoms with van der Waals surface area (Å²) in [6, 6.07) is 6.41. The van der Waals surface area contributed by atoms with Crippen molar-refractivity contribution in [2.75, 3.05) is 51.3 Å². The molecule has 1 aromatic heterocycles. The molecule has 0 radical (unpaired) electrons. The molecular weight excluding hydrogens is 379 g/mol. The van der Waals surface area contributed by atoms with Gasteiger partial charge in [0.05, 0.1) is 37.6 Å². The van der Waals surface area contributed by atoms with E-state index in [0.29, 0.717) is 37.8 Å². The highest BCUT2D eigenvalue weighted by Gasteiger charge is 2.33. The van der Waals surface area contributed by atoms with E-state index >= 15 is 0 Å². The van der Waals surface area contributed by atoms with E-state index in [1.165, 1.54) is 17.2 Å². The summed E-state index contributed by atoms with van der Waals surface area (Å²) < 4.78 is 24.7. The first-order chi connectivity index (χ1) is 14.0. The van der Waals surface area contributed by atoms with Gasteiger partial charge < -0.3 is 24.1 Å². The second-order valence-corrected chi connectivity index (χ2v) is 7.43. The van der Waals surface area contributed by atoms with E-state index in [0.717, 1.165) is 13.1 Å². The highest BCUT2D eigenvalue weighted by molar-refractivity contribution is 5.92. The van der Waals surface area contributed by atoms with E-state index in [2.05, 4.69) is 9.88 Å². The maximum atomic E-state index is 14.0. The monoisotopic (exact) mass is 404 g/mol. The molecular formula is C20H25FN4O4. The van der Waals surface area contributed by atoms with Gasteiger partial charge in [-0.3, -0.25) is 9.69 Å². The fourth-order valence-electron chi connectivity index (χ4n) is 3.76. The fraction of sp³-hybridized carbons (Fsp3) is 0.500. The summed E-state index contributed by atoms with van der Waals surface area (Å²) >= 11 is 0. The van der Waals surface area contributed by atoms with E-state index in [1.807, 2.05) is 11.0 Å². The Morgan fingerprint density at radius 3 is 2.72 bits per heavy atom. The van der Waals surface area contributed by atoms with Crippen molar-refractivity contribution in [3.05, 3.63) is 47.9 Å². The Balaban J connectivity index is 1.32. The number of carbonyl (C=O) groups is 1. The van der Waals surface area contributed by atoms with Gasteiger partial charge in [0, 0.05) is 33.2 Å². The van der Waals surface area contributed by atoms with E-state index in [-0.39, 0.29) is 30.1 Å². The number of aliphatic hydroxyl groups excluding tert-OH is 1. The smallest absolute Gasteiger partial charge is 0.275 e. The number of aromatic nitrogens is 1. The normalized spacial score (nSPS) is 22.8. The number of para-hydroxylation sites is 1. The Labute approximate surface area is 168 Å². The summed E-state index contributed by atoms with van der Waals surface area (Å²) in [6.45, 7) is 3.91. The van der Waals surface area contributed by atoms with Crippen molar-refractivity contribution in [1.82, 2.24) is 14.8 Å². The average Bonchev–Trinajstić information content (AvgIpc) is 3.37. The van der Waals surface area contributed by atoms with Gasteiger partial charge in [-0.15, -0.1) is 0 Å². The summed E-state index contributed by atoms with van der Waals surface area (Å²) in [7, 11) is 1.63. The lowest BCUT2D eigenvalue weighted by Gasteiger charge is -2.35. The van der Waals surface area contributed by atoms with Crippen LogP contribution in [-0.4, -0.2) is 84.4 Å². The third-order valence-corrected chi connectivity index (χ3v) is 5.53. The highest BCUT2D eigenvalue weighted by atomic mass is 19.1. The molecule has 2 saturated heterocycles. The molecule has 2 aliphatic rings. The molecule has 2 aromatic rings. The molecule has 1 N–H and O–H groups in total. The molecule has 0 spiro atoms. The molecule has 3 heterocycles. The lowest BCUT2D eigenvalue weighted by atomic mass is 10.2. The minimum Gasteiger partial charge on any atom is -0.447 e. The van der Waals surface area contributed by atoms with Crippen molar-refractivity contribution in [1.29, 1.82) is 0 Å². The number of benzene rings is 1. The highest BCUT2D eigenvalue weighted by Crippen LogP contribution is 2.21. The van der Waals surface area contributed by atoms with Crippen LogP contribution in [0.5, 0.6) is 0 Å². The van der Waals surface area contributed by atoms with Gasteiger partial charge in [0.15, 0.2) is 5.69 Å². The Hall–Kier alpha value is -2.49. The Morgan fingerprint density at radius 2 is 2.03 bits per heavy atom.